The number of amides is 1. The van der Waals surface area contributed by atoms with Gasteiger partial charge in [-0.2, -0.15) is 0 Å². The Morgan fingerprint density at radius 2 is 1.74 bits per heavy atom. The summed E-state index contributed by atoms with van der Waals surface area (Å²) in [4.78, 5) is 30.5. The molecule has 6 nitrogen and oxygen atoms in total. The van der Waals surface area contributed by atoms with Crippen molar-refractivity contribution in [2.45, 2.75) is 6.92 Å². The summed E-state index contributed by atoms with van der Waals surface area (Å²) in [6.45, 7) is 1.88. The van der Waals surface area contributed by atoms with Crippen molar-refractivity contribution in [1.82, 2.24) is 4.98 Å². The predicted molar refractivity (Wildman–Crippen MR) is 122 cm³/mol. The number of rotatable bonds is 5. The van der Waals surface area contributed by atoms with Crippen molar-refractivity contribution in [2.24, 2.45) is 0 Å². The Balaban J connectivity index is 1.83. The normalized spacial score (nSPS) is 10.7. The topological polar surface area (TPSA) is 77.5 Å². The number of pyridine rings is 1. The summed E-state index contributed by atoms with van der Waals surface area (Å²) in [5.41, 5.74) is 3.99. The van der Waals surface area contributed by atoms with Gasteiger partial charge in [-0.1, -0.05) is 18.2 Å². The minimum atomic E-state index is -0.486. The Kier molecular flexibility index (Phi) is 5.68. The van der Waals surface area contributed by atoms with Gasteiger partial charge in [-0.25, -0.2) is 9.78 Å². The van der Waals surface area contributed by atoms with Crippen molar-refractivity contribution in [1.29, 1.82) is 0 Å². The smallest absolute Gasteiger partial charge is 0.350 e. The highest BCUT2D eigenvalue weighted by molar-refractivity contribution is 7.12. The van der Waals surface area contributed by atoms with Gasteiger partial charge in [0.05, 0.1) is 36.7 Å². The number of fused-ring (bicyclic) bond motifs is 1. The number of para-hydroxylation sites is 1. The zero-order valence-corrected chi connectivity index (χ0v) is 18.1. The van der Waals surface area contributed by atoms with Gasteiger partial charge in [0.2, 0.25) is 0 Å². The van der Waals surface area contributed by atoms with Gasteiger partial charge in [0.1, 0.15) is 10.6 Å². The van der Waals surface area contributed by atoms with Gasteiger partial charge in [-0.3, -0.25) is 4.79 Å². The molecule has 0 aliphatic rings. The van der Waals surface area contributed by atoms with Crippen molar-refractivity contribution in [2.75, 3.05) is 19.5 Å². The summed E-state index contributed by atoms with van der Waals surface area (Å²) in [5.74, 6) is -0.0529. The molecule has 0 saturated carbocycles. The number of hydrogen-bond acceptors (Lipinski definition) is 6. The van der Waals surface area contributed by atoms with Crippen LogP contribution in [0.1, 0.15) is 25.6 Å². The first-order valence-corrected chi connectivity index (χ1v) is 10.4. The number of carbonyl (C=O) groups excluding carboxylic acids is 2. The number of nitrogens with zero attached hydrogens (tertiary/aromatic N) is 1. The summed E-state index contributed by atoms with van der Waals surface area (Å²) in [5, 5.41) is 5.35. The Morgan fingerprint density at radius 3 is 2.45 bits per heavy atom. The Labute approximate surface area is 183 Å². The van der Waals surface area contributed by atoms with Gasteiger partial charge < -0.3 is 14.8 Å². The molecule has 0 unspecified atom stereocenters. The average Bonchev–Trinajstić information content (AvgIpc) is 3.26. The Bertz CT molecular complexity index is 1280. The van der Waals surface area contributed by atoms with Crippen molar-refractivity contribution in [3.05, 3.63) is 76.0 Å². The number of hydrogen-bond donors (Lipinski definition) is 1. The lowest BCUT2D eigenvalue weighted by Crippen LogP contribution is -2.16. The van der Waals surface area contributed by atoms with Crippen LogP contribution in [0.15, 0.2) is 60.0 Å². The van der Waals surface area contributed by atoms with Crippen molar-refractivity contribution in [3.8, 4) is 17.0 Å². The maximum Gasteiger partial charge on any atom is 0.350 e. The molecule has 2 aromatic carbocycles. The molecule has 0 fully saturated rings. The molecule has 7 heteroatoms. The summed E-state index contributed by atoms with van der Waals surface area (Å²) in [7, 11) is 2.93. The molecule has 2 heterocycles. The highest BCUT2D eigenvalue weighted by atomic mass is 32.1. The van der Waals surface area contributed by atoms with Crippen LogP contribution in [-0.2, 0) is 4.74 Å². The SMILES string of the molecule is COC(=O)c1sccc1NC(=O)c1c(C)c(-c2ccc(OC)cc2)nc2ccccc12. The molecule has 156 valence electrons. The lowest BCUT2D eigenvalue weighted by atomic mass is 9.97. The maximum atomic E-state index is 13.4. The van der Waals surface area contributed by atoms with E-state index in [1.165, 1.54) is 18.4 Å². The lowest BCUT2D eigenvalue weighted by Gasteiger charge is -2.15. The van der Waals surface area contributed by atoms with E-state index < -0.39 is 5.97 Å². The molecule has 0 saturated heterocycles. The third-order valence-corrected chi connectivity index (χ3v) is 5.91. The fourth-order valence-electron chi connectivity index (χ4n) is 3.47. The van der Waals surface area contributed by atoms with E-state index >= 15 is 0 Å². The maximum absolute atomic E-state index is 13.4. The van der Waals surface area contributed by atoms with Crippen LogP contribution in [0.25, 0.3) is 22.2 Å². The summed E-state index contributed by atoms with van der Waals surface area (Å²) < 4.78 is 10.1. The van der Waals surface area contributed by atoms with Gasteiger partial charge in [-0.05, 0) is 54.3 Å². The Morgan fingerprint density at radius 1 is 1.00 bits per heavy atom. The molecule has 4 rings (SSSR count). The summed E-state index contributed by atoms with van der Waals surface area (Å²) in [6, 6.07) is 16.8. The van der Waals surface area contributed by atoms with Crippen molar-refractivity contribution in [3.63, 3.8) is 0 Å². The second-order valence-electron chi connectivity index (χ2n) is 6.82. The van der Waals surface area contributed by atoms with E-state index in [1.54, 1.807) is 18.6 Å². The number of benzene rings is 2. The van der Waals surface area contributed by atoms with Gasteiger partial charge >= 0.3 is 5.97 Å². The molecule has 1 N–H and O–H groups in total. The van der Waals surface area contributed by atoms with Crippen LogP contribution >= 0.6 is 11.3 Å². The predicted octanol–water partition coefficient (Wildman–Crippen LogP) is 5.32. The number of ether oxygens (including phenoxy) is 2. The van der Waals surface area contributed by atoms with Crippen LogP contribution in [0.3, 0.4) is 0 Å². The fourth-order valence-corrected chi connectivity index (χ4v) is 4.24. The van der Waals surface area contributed by atoms with Crippen LogP contribution in [0.4, 0.5) is 5.69 Å². The third-order valence-electron chi connectivity index (χ3n) is 5.01. The van der Waals surface area contributed by atoms with E-state index in [9.17, 15) is 9.59 Å². The quantitative estimate of drug-likeness (QED) is 0.432. The number of aromatic nitrogens is 1. The molecule has 0 atom stereocenters. The van der Waals surface area contributed by atoms with E-state index in [-0.39, 0.29) is 5.91 Å². The second kappa shape index (κ2) is 8.57. The van der Waals surface area contributed by atoms with E-state index in [2.05, 4.69) is 5.32 Å². The molecule has 0 spiro atoms. The Hall–Kier alpha value is -3.71. The first-order valence-electron chi connectivity index (χ1n) is 9.54. The van der Waals surface area contributed by atoms with E-state index in [4.69, 9.17) is 14.5 Å². The molecule has 0 aliphatic carbocycles. The number of carbonyl (C=O) groups is 2. The minimum Gasteiger partial charge on any atom is -0.497 e. The largest absolute Gasteiger partial charge is 0.497 e. The van der Waals surface area contributed by atoms with E-state index in [0.717, 1.165) is 22.3 Å². The minimum absolute atomic E-state index is 0.311. The van der Waals surface area contributed by atoms with Gasteiger partial charge in [-0.15, -0.1) is 11.3 Å². The summed E-state index contributed by atoms with van der Waals surface area (Å²) in [6.07, 6.45) is 0. The molecule has 2 aromatic heterocycles. The van der Waals surface area contributed by atoms with Crippen molar-refractivity contribution < 1.29 is 19.1 Å². The average molecular weight is 433 g/mol. The van der Waals surface area contributed by atoms with Crippen LogP contribution < -0.4 is 10.1 Å². The molecular formula is C24H20N2O4S. The fraction of sp³-hybridized carbons (Fsp3) is 0.125. The summed E-state index contributed by atoms with van der Waals surface area (Å²) >= 11 is 1.22. The zero-order valence-electron chi connectivity index (χ0n) is 17.3. The number of thiophene rings is 1. The van der Waals surface area contributed by atoms with E-state index in [0.29, 0.717) is 27.3 Å². The van der Waals surface area contributed by atoms with Crippen LogP contribution in [0.2, 0.25) is 0 Å². The van der Waals surface area contributed by atoms with Crippen LogP contribution in [0, 0.1) is 6.92 Å². The molecule has 0 radical (unpaired) electrons. The standard InChI is InChI=1S/C24H20N2O4S/c1-14-20(23(27)26-19-12-13-31-22(19)24(28)30-3)17-6-4-5-7-18(17)25-21(14)15-8-10-16(29-2)11-9-15/h4-13H,1-3H3,(H,26,27). The van der Waals surface area contributed by atoms with Crippen molar-refractivity contribution >= 4 is 39.8 Å². The monoisotopic (exact) mass is 432 g/mol. The lowest BCUT2D eigenvalue weighted by molar-refractivity contribution is 0.0607. The van der Waals surface area contributed by atoms with E-state index in [1.807, 2.05) is 55.5 Å². The van der Waals surface area contributed by atoms with Gasteiger partial charge in [0.15, 0.2) is 0 Å². The van der Waals surface area contributed by atoms with Crippen LogP contribution in [-0.4, -0.2) is 31.1 Å². The molecule has 4 aromatic rings. The molecular weight excluding hydrogens is 412 g/mol. The number of esters is 1. The first-order chi connectivity index (χ1) is 15.0. The second-order valence-corrected chi connectivity index (χ2v) is 7.73. The molecule has 0 aliphatic heterocycles. The zero-order chi connectivity index (χ0) is 22.0. The van der Waals surface area contributed by atoms with Crippen LogP contribution in [0.5, 0.6) is 5.75 Å². The molecule has 1 amide bonds. The highest BCUT2D eigenvalue weighted by Crippen LogP contribution is 2.32. The third kappa shape index (κ3) is 3.87. The first kappa shape index (κ1) is 20.6. The number of anilines is 1. The number of methoxy groups -OCH3 is 2. The number of nitrogens with one attached hydrogen (secondary N) is 1. The van der Waals surface area contributed by atoms with Gasteiger partial charge in [0, 0.05) is 10.9 Å². The van der Waals surface area contributed by atoms with Gasteiger partial charge in [0.25, 0.3) is 5.91 Å². The molecule has 0 bridgehead atoms. The molecule has 31 heavy (non-hydrogen) atoms. The highest BCUT2D eigenvalue weighted by Gasteiger charge is 2.21.